The second kappa shape index (κ2) is 5.80. The van der Waals surface area contributed by atoms with Crippen LogP contribution in [-0.2, 0) is 14.8 Å². The van der Waals surface area contributed by atoms with E-state index in [0.29, 0.717) is 5.75 Å². The largest absolute Gasteiger partial charge is 0.495 e. The molecule has 0 saturated carbocycles. The van der Waals surface area contributed by atoms with Crippen molar-refractivity contribution in [3.63, 3.8) is 0 Å². The Morgan fingerprint density at radius 2 is 2.14 bits per heavy atom. The molecule has 2 atom stereocenters. The van der Waals surface area contributed by atoms with Crippen LogP contribution in [0.25, 0.3) is 0 Å². The van der Waals surface area contributed by atoms with Gasteiger partial charge in [0.25, 0.3) is 0 Å². The van der Waals surface area contributed by atoms with E-state index in [9.17, 15) is 18.3 Å². The molecule has 2 rings (SSSR count). The van der Waals surface area contributed by atoms with Crippen LogP contribution in [-0.4, -0.2) is 54.7 Å². The van der Waals surface area contributed by atoms with Gasteiger partial charge in [0.1, 0.15) is 11.8 Å². The number of aliphatic hydroxyl groups excluding tert-OH is 1. The fraction of sp³-hybridized carbons (Fsp3) is 0.417. The molecule has 1 fully saturated rings. The number of halogens is 1. The van der Waals surface area contributed by atoms with E-state index in [1.807, 2.05) is 0 Å². The zero-order valence-corrected chi connectivity index (χ0v) is 12.6. The standard InChI is InChI=1S/C12H14ClNO6S/c1-20-11-3-2-8(5-9(11)13)21(18,19)14-6-7(15)4-10(14)12(16)17/h2-3,5,7,10,15H,4,6H2,1H3,(H,16,17)/t7-,10+/m1/s1. The number of β-amino-alcohol motifs (C(OH)–C–C–N with tert-alkyl or cyclic N) is 1. The van der Waals surface area contributed by atoms with E-state index < -0.39 is 28.1 Å². The molecular formula is C12H14ClNO6S. The molecule has 0 aromatic heterocycles. The molecule has 0 unspecified atom stereocenters. The number of rotatable bonds is 4. The highest BCUT2D eigenvalue weighted by Crippen LogP contribution is 2.31. The zero-order chi connectivity index (χ0) is 15.8. The number of carboxylic acids is 1. The van der Waals surface area contributed by atoms with Crippen molar-refractivity contribution in [2.75, 3.05) is 13.7 Å². The Hall–Kier alpha value is -1.35. The topological polar surface area (TPSA) is 104 Å². The maximum atomic E-state index is 12.5. The number of sulfonamides is 1. The van der Waals surface area contributed by atoms with E-state index >= 15 is 0 Å². The van der Waals surface area contributed by atoms with Crippen LogP contribution in [0.4, 0.5) is 0 Å². The average Bonchev–Trinajstić information content (AvgIpc) is 2.81. The molecule has 0 radical (unpaired) electrons. The van der Waals surface area contributed by atoms with E-state index in [-0.39, 0.29) is 22.9 Å². The first-order valence-corrected chi connectivity index (χ1v) is 7.85. The predicted octanol–water partition coefficient (Wildman–Crippen LogP) is 0.557. The summed E-state index contributed by atoms with van der Waals surface area (Å²) >= 11 is 5.90. The molecule has 9 heteroatoms. The minimum absolute atomic E-state index is 0.102. The molecule has 1 aromatic rings. The number of ether oxygens (including phenoxy) is 1. The van der Waals surface area contributed by atoms with Gasteiger partial charge in [-0.25, -0.2) is 8.42 Å². The molecule has 1 aliphatic heterocycles. The Labute approximate surface area is 126 Å². The van der Waals surface area contributed by atoms with Gasteiger partial charge in [0.15, 0.2) is 0 Å². The Morgan fingerprint density at radius 1 is 1.48 bits per heavy atom. The van der Waals surface area contributed by atoms with Crippen molar-refractivity contribution >= 4 is 27.6 Å². The molecule has 0 bridgehead atoms. The summed E-state index contributed by atoms with van der Waals surface area (Å²) in [5.74, 6) is -0.985. The van der Waals surface area contributed by atoms with Gasteiger partial charge < -0.3 is 14.9 Å². The lowest BCUT2D eigenvalue weighted by Crippen LogP contribution is -2.40. The van der Waals surface area contributed by atoms with Gasteiger partial charge in [-0.05, 0) is 18.2 Å². The van der Waals surface area contributed by atoms with Gasteiger partial charge in [0, 0.05) is 13.0 Å². The lowest BCUT2D eigenvalue weighted by molar-refractivity contribution is -0.140. The van der Waals surface area contributed by atoms with Crippen molar-refractivity contribution in [2.45, 2.75) is 23.5 Å². The molecular weight excluding hydrogens is 322 g/mol. The van der Waals surface area contributed by atoms with Crippen LogP contribution in [0.3, 0.4) is 0 Å². The average molecular weight is 336 g/mol. The van der Waals surface area contributed by atoms with Crippen molar-refractivity contribution in [1.82, 2.24) is 4.31 Å². The molecule has 0 spiro atoms. The fourth-order valence-corrected chi connectivity index (χ4v) is 4.20. The van der Waals surface area contributed by atoms with Gasteiger partial charge in [-0.1, -0.05) is 11.6 Å². The fourth-order valence-electron chi connectivity index (χ4n) is 2.22. The van der Waals surface area contributed by atoms with Crippen molar-refractivity contribution in [3.05, 3.63) is 23.2 Å². The van der Waals surface area contributed by atoms with Crippen molar-refractivity contribution < 1.29 is 28.2 Å². The summed E-state index contributed by atoms with van der Waals surface area (Å²) in [5, 5.41) is 18.7. The Bertz CT molecular complexity index is 662. The van der Waals surface area contributed by atoms with Gasteiger partial charge in [0.2, 0.25) is 10.0 Å². The molecule has 1 aliphatic rings. The molecule has 7 nitrogen and oxygen atoms in total. The predicted molar refractivity (Wildman–Crippen MR) is 73.9 cm³/mol. The maximum Gasteiger partial charge on any atom is 0.322 e. The summed E-state index contributed by atoms with van der Waals surface area (Å²) in [7, 11) is -2.67. The lowest BCUT2D eigenvalue weighted by Gasteiger charge is -2.21. The number of nitrogens with zero attached hydrogens (tertiary/aromatic N) is 1. The highest BCUT2D eigenvalue weighted by atomic mass is 35.5. The molecule has 1 saturated heterocycles. The molecule has 1 heterocycles. The molecule has 0 aliphatic carbocycles. The summed E-state index contributed by atoms with van der Waals surface area (Å²) in [4.78, 5) is 11.0. The van der Waals surface area contributed by atoms with Crippen LogP contribution in [0, 0.1) is 0 Å². The van der Waals surface area contributed by atoms with Crippen LogP contribution < -0.4 is 4.74 Å². The number of methoxy groups -OCH3 is 1. The van der Waals surface area contributed by atoms with Gasteiger partial charge >= 0.3 is 5.97 Å². The number of carbonyl (C=O) groups is 1. The lowest BCUT2D eigenvalue weighted by atomic mass is 10.2. The summed E-state index contributed by atoms with van der Waals surface area (Å²) < 4.78 is 30.7. The quantitative estimate of drug-likeness (QED) is 0.833. The van der Waals surface area contributed by atoms with E-state index in [1.165, 1.54) is 25.3 Å². The maximum absolute atomic E-state index is 12.5. The van der Waals surface area contributed by atoms with Crippen LogP contribution in [0.15, 0.2) is 23.1 Å². The molecule has 116 valence electrons. The first-order chi connectivity index (χ1) is 9.77. The monoisotopic (exact) mass is 335 g/mol. The summed E-state index contributed by atoms with van der Waals surface area (Å²) in [6.45, 7) is -0.261. The number of aliphatic hydroxyl groups is 1. The first kappa shape index (κ1) is 16.0. The number of carboxylic acid groups (broad SMARTS) is 1. The van der Waals surface area contributed by atoms with Gasteiger partial charge in [-0.3, -0.25) is 4.79 Å². The van der Waals surface area contributed by atoms with E-state index in [4.69, 9.17) is 21.4 Å². The zero-order valence-electron chi connectivity index (χ0n) is 11.1. The highest BCUT2D eigenvalue weighted by Gasteiger charge is 2.43. The molecule has 2 N–H and O–H groups in total. The number of hydrogen-bond acceptors (Lipinski definition) is 5. The Balaban J connectivity index is 2.42. The second-order valence-electron chi connectivity index (χ2n) is 4.61. The first-order valence-electron chi connectivity index (χ1n) is 6.03. The number of aliphatic carboxylic acids is 1. The van der Waals surface area contributed by atoms with E-state index in [1.54, 1.807) is 0 Å². The summed E-state index contributed by atoms with van der Waals surface area (Å²) in [5.41, 5.74) is 0. The third-order valence-corrected chi connectivity index (χ3v) is 5.41. The number of benzene rings is 1. The van der Waals surface area contributed by atoms with Crippen LogP contribution in [0.5, 0.6) is 5.75 Å². The van der Waals surface area contributed by atoms with Crippen LogP contribution >= 0.6 is 11.6 Å². The summed E-state index contributed by atoms with van der Waals surface area (Å²) in [6, 6.07) is 2.58. The van der Waals surface area contributed by atoms with Gasteiger partial charge in [-0.15, -0.1) is 0 Å². The number of hydrogen-bond donors (Lipinski definition) is 2. The van der Waals surface area contributed by atoms with Gasteiger partial charge in [-0.2, -0.15) is 4.31 Å². The minimum atomic E-state index is -4.06. The normalized spacial score (nSPS) is 23.2. The molecule has 1 aromatic carbocycles. The van der Waals surface area contributed by atoms with Crippen LogP contribution in [0.1, 0.15) is 6.42 Å². The van der Waals surface area contributed by atoms with E-state index in [2.05, 4.69) is 0 Å². The summed E-state index contributed by atoms with van der Waals surface area (Å²) in [6.07, 6.45) is -1.15. The Morgan fingerprint density at radius 3 is 2.67 bits per heavy atom. The van der Waals surface area contributed by atoms with Crippen molar-refractivity contribution in [3.8, 4) is 5.75 Å². The smallest absolute Gasteiger partial charge is 0.322 e. The SMILES string of the molecule is COc1ccc(S(=O)(=O)N2C[C@H](O)C[C@H]2C(=O)O)cc1Cl. The van der Waals surface area contributed by atoms with Crippen LogP contribution in [0.2, 0.25) is 5.02 Å². The highest BCUT2D eigenvalue weighted by molar-refractivity contribution is 7.89. The van der Waals surface area contributed by atoms with Crippen molar-refractivity contribution in [2.24, 2.45) is 0 Å². The van der Waals surface area contributed by atoms with E-state index in [0.717, 1.165) is 4.31 Å². The minimum Gasteiger partial charge on any atom is -0.495 e. The van der Waals surface area contributed by atoms with Gasteiger partial charge in [0.05, 0.1) is 23.1 Å². The molecule has 21 heavy (non-hydrogen) atoms. The third-order valence-electron chi connectivity index (χ3n) is 3.25. The molecule has 0 amide bonds. The second-order valence-corrected chi connectivity index (χ2v) is 6.91. The Kier molecular flexibility index (Phi) is 4.43. The van der Waals surface area contributed by atoms with Crippen molar-refractivity contribution in [1.29, 1.82) is 0 Å². The third kappa shape index (κ3) is 2.98.